The van der Waals surface area contributed by atoms with Crippen LogP contribution in [0.15, 0.2) is 0 Å². The second-order valence-corrected chi connectivity index (χ2v) is 3.61. The normalized spacial score (nSPS) is 26.9. The maximum atomic E-state index is 11.5. The summed E-state index contributed by atoms with van der Waals surface area (Å²) in [5, 5.41) is 0. The highest BCUT2D eigenvalue weighted by atomic mass is 32.3. The fourth-order valence-corrected chi connectivity index (χ4v) is 1.44. The smallest absolute Gasteiger partial charge is 0.274 e. The first-order valence-corrected chi connectivity index (χ1v) is 3.03. The molecule has 0 aromatic rings. The average Bonchev–Trinajstić information content (AvgIpc) is 1.27. The minimum Gasteiger partial charge on any atom is -0.274 e. The van der Waals surface area contributed by atoms with Crippen LogP contribution in [0.5, 0.6) is 0 Å². The molecule has 0 atom stereocenters. The Morgan fingerprint density at radius 3 is 1.86 bits per heavy atom. The van der Waals surface area contributed by atoms with Crippen LogP contribution in [-0.4, -0.2) is 9.03 Å². The highest BCUT2D eigenvalue weighted by molar-refractivity contribution is 8.53. The van der Waals surface area contributed by atoms with Crippen LogP contribution < -0.4 is 0 Å². The van der Waals surface area contributed by atoms with Gasteiger partial charge in [-0.15, -0.1) is 0 Å². The lowest BCUT2D eigenvalue weighted by molar-refractivity contribution is 0.206. The van der Waals surface area contributed by atoms with E-state index >= 15 is 0 Å². The van der Waals surface area contributed by atoms with E-state index in [2.05, 4.69) is 0 Å². The van der Waals surface area contributed by atoms with E-state index in [1.54, 1.807) is 0 Å². The summed E-state index contributed by atoms with van der Waals surface area (Å²) in [5.41, 5.74) is 0. The van der Waals surface area contributed by atoms with Crippen LogP contribution in [0.4, 0.5) is 13.6 Å². The first kappa shape index (κ1) is 5.37. The SMILES string of the molecule is O=C1SC(F)(F)S1. The van der Waals surface area contributed by atoms with E-state index in [1.165, 1.54) is 0 Å². The van der Waals surface area contributed by atoms with Crippen molar-refractivity contribution in [3.63, 3.8) is 0 Å². The fourth-order valence-electron chi connectivity index (χ4n) is 0.202. The zero-order valence-electron chi connectivity index (χ0n) is 2.98. The van der Waals surface area contributed by atoms with Gasteiger partial charge in [0.05, 0.1) is 0 Å². The van der Waals surface area contributed by atoms with Crippen molar-refractivity contribution in [3.8, 4) is 0 Å². The molecule has 1 nitrogen and oxygen atoms in total. The van der Waals surface area contributed by atoms with E-state index in [-0.39, 0.29) is 23.5 Å². The maximum absolute atomic E-state index is 11.5. The highest BCUT2D eigenvalue weighted by Crippen LogP contribution is 2.54. The molecule has 0 aliphatic carbocycles. The van der Waals surface area contributed by atoms with E-state index in [0.717, 1.165) is 0 Å². The van der Waals surface area contributed by atoms with E-state index < -0.39 is 9.03 Å². The number of carbonyl (C=O) groups is 1. The first-order chi connectivity index (χ1) is 3.10. The van der Waals surface area contributed by atoms with Crippen LogP contribution in [0, 0.1) is 0 Å². The molecule has 1 rings (SSSR count). The van der Waals surface area contributed by atoms with E-state index in [1.807, 2.05) is 0 Å². The number of rotatable bonds is 0. The molecule has 1 fully saturated rings. The van der Waals surface area contributed by atoms with Crippen LogP contribution in [0.1, 0.15) is 0 Å². The number of hydrogen-bond acceptors (Lipinski definition) is 3. The Labute approximate surface area is 46.8 Å². The Morgan fingerprint density at radius 1 is 1.43 bits per heavy atom. The summed E-state index contributed by atoms with van der Waals surface area (Å²) >= 11 is 0.153. The van der Waals surface area contributed by atoms with Gasteiger partial charge in [-0.25, -0.2) is 0 Å². The quantitative estimate of drug-likeness (QED) is 0.515. The molecule has 0 N–H and O–H groups in total. The van der Waals surface area contributed by atoms with Gasteiger partial charge in [0.25, 0.3) is 4.45 Å². The summed E-state index contributed by atoms with van der Waals surface area (Å²) in [6.45, 7) is 0. The summed E-state index contributed by atoms with van der Waals surface area (Å²) in [7, 11) is 0. The molecule has 0 radical (unpaired) electrons. The molecule has 40 valence electrons. The van der Waals surface area contributed by atoms with Crippen molar-refractivity contribution in [2.24, 2.45) is 0 Å². The molecule has 1 heterocycles. The molecule has 1 aliphatic heterocycles. The summed E-state index contributed by atoms with van der Waals surface area (Å²) in [6.07, 6.45) is 0. The van der Waals surface area contributed by atoms with Crippen molar-refractivity contribution in [1.82, 2.24) is 0 Å². The lowest BCUT2D eigenvalue weighted by Crippen LogP contribution is -2.18. The summed E-state index contributed by atoms with van der Waals surface area (Å²) in [5.74, 6) is 0. The number of thioether (sulfide) groups is 2. The highest BCUT2D eigenvalue weighted by Gasteiger charge is 2.47. The molecule has 1 aliphatic rings. The maximum Gasteiger partial charge on any atom is 0.357 e. The van der Waals surface area contributed by atoms with Gasteiger partial charge in [-0.3, -0.25) is 4.79 Å². The van der Waals surface area contributed by atoms with Gasteiger partial charge in [0.15, 0.2) is 0 Å². The summed E-state index contributed by atoms with van der Waals surface area (Å²) < 4.78 is 19.7. The van der Waals surface area contributed by atoms with Crippen LogP contribution in [0.3, 0.4) is 0 Å². The van der Waals surface area contributed by atoms with Crippen molar-refractivity contribution >= 4 is 28.0 Å². The Hall–Kier alpha value is 0.230. The molecule has 0 aromatic heterocycles. The Bertz CT molecular complexity index is 102. The van der Waals surface area contributed by atoms with Crippen molar-refractivity contribution in [1.29, 1.82) is 0 Å². The molecule has 7 heavy (non-hydrogen) atoms. The molecule has 0 unspecified atom stereocenters. The monoisotopic (exact) mass is 142 g/mol. The topological polar surface area (TPSA) is 17.1 Å². The first-order valence-electron chi connectivity index (χ1n) is 1.40. The molecular formula is C2F2OS2. The fraction of sp³-hybridized carbons (Fsp3) is 0.500. The Balaban J connectivity index is 2.43. The van der Waals surface area contributed by atoms with Gasteiger partial charge in [-0.1, -0.05) is 0 Å². The Kier molecular flexibility index (Phi) is 1.04. The Morgan fingerprint density at radius 2 is 1.86 bits per heavy atom. The third-order valence-corrected chi connectivity index (χ3v) is 2.21. The minimum absolute atomic E-state index is 0.0764. The number of carbonyl (C=O) groups excluding carboxylic acids is 1. The minimum atomic E-state index is -2.82. The van der Waals surface area contributed by atoms with Crippen LogP contribution in [0.2, 0.25) is 0 Å². The van der Waals surface area contributed by atoms with Crippen LogP contribution >= 0.6 is 23.5 Å². The lowest BCUT2D eigenvalue weighted by atomic mass is 11.6. The molecule has 0 amide bonds. The van der Waals surface area contributed by atoms with Gasteiger partial charge in [0.2, 0.25) is 0 Å². The van der Waals surface area contributed by atoms with Crippen LogP contribution in [-0.2, 0) is 0 Å². The van der Waals surface area contributed by atoms with Gasteiger partial charge in [-0.05, 0) is 0 Å². The predicted molar refractivity (Wildman–Crippen MR) is 25.5 cm³/mol. The van der Waals surface area contributed by atoms with Crippen molar-refractivity contribution < 1.29 is 13.6 Å². The summed E-state index contributed by atoms with van der Waals surface area (Å²) in [6, 6.07) is 0. The molecule has 0 spiro atoms. The number of alkyl halides is 2. The van der Waals surface area contributed by atoms with Crippen molar-refractivity contribution in [2.45, 2.75) is 4.59 Å². The predicted octanol–water partition coefficient (Wildman–Crippen LogP) is 2.14. The zero-order chi connectivity index (χ0) is 5.49. The second kappa shape index (κ2) is 1.35. The van der Waals surface area contributed by atoms with E-state index in [9.17, 15) is 13.6 Å². The molecule has 0 saturated carbocycles. The second-order valence-electron chi connectivity index (χ2n) is 0.917. The number of halogens is 2. The van der Waals surface area contributed by atoms with Gasteiger partial charge in [-0.2, -0.15) is 8.78 Å². The zero-order valence-corrected chi connectivity index (χ0v) is 4.61. The number of hydrogen-bond donors (Lipinski definition) is 0. The standard InChI is InChI=1S/C2F2OS2/c3-2(4)6-1(5)7-2. The van der Waals surface area contributed by atoms with E-state index in [4.69, 9.17) is 0 Å². The van der Waals surface area contributed by atoms with Crippen LogP contribution in [0.25, 0.3) is 0 Å². The molecule has 5 heteroatoms. The largest absolute Gasteiger partial charge is 0.357 e. The molecular weight excluding hydrogens is 142 g/mol. The van der Waals surface area contributed by atoms with Gasteiger partial charge < -0.3 is 0 Å². The molecule has 0 bridgehead atoms. The van der Waals surface area contributed by atoms with E-state index in [0.29, 0.717) is 0 Å². The van der Waals surface area contributed by atoms with Gasteiger partial charge in [0.1, 0.15) is 0 Å². The third kappa shape index (κ3) is 1.07. The van der Waals surface area contributed by atoms with Crippen molar-refractivity contribution in [2.75, 3.05) is 0 Å². The third-order valence-electron chi connectivity index (χ3n) is 0.404. The lowest BCUT2D eigenvalue weighted by Gasteiger charge is -2.19. The van der Waals surface area contributed by atoms with Crippen molar-refractivity contribution in [3.05, 3.63) is 0 Å². The van der Waals surface area contributed by atoms with Gasteiger partial charge >= 0.3 is 4.59 Å². The summed E-state index contributed by atoms with van der Waals surface area (Å²) in [4.78, 5) is 9.76. The van der Waals surface area contributed by atoms with Gasteiger partial charge in [0, 0.05) is 23.5 Å². The molecule has 0 aromatic carbocycles. The average molecular weight is 142 g/mol. The molecule has 1 saturated heterocycles.